The van der Waals surface area contributed by atoms with Gasteiger partial charge in [-0.2, -0.15) is 0 Å². The first-order valence-electron chi connectivity index (χ1n) is 7.22. The van der Waals surface area contributed by atoms with Crippen LogP contribution in [-0.4, -0.2) is 36.2 Å². The number of nitrogens with two attached hydrogens (primary N) is 1. The van der Waals surface area contributed by atoms with Crippen LogP contribution >= 0.6 is 0 Å². The van der Waals surface area contributed by atoms with Gasteiger partial charge in [-0.25, -0.2) is 0 Å². The zero-order valence-corrected chi connectivity index (χ0v) is 12.4. The standard InChI is InChI=1S/C15H26N2O2/c1-5-13(16)15(14-7-6-10(2)19-14)17-8-11(3)18-12(4)9-17/h6-7,11-13,15H,5,8-9,16H2,1-4H3. The van der Waals surface area contributed by atoms with Gasteiger partial charge in [-0.15, -0.1) is 0 Å². The Hall–Kier alpha value is -0.840. The van der Waals surface area contributed by atoms with E-state index in [1.807, 2.05) is 13.0 Å². The van der Waals surface area contributed by atoms with Crippen LogP contribution in [-0.2, 0) is 4.74 Å². The smallest absolute Gasteiger partial charge is 0.122 e. The van der Waals surface area contributed by atoms with E-state index in [1.165, 1.54) is 0 Å². The van der Waals surface area contributed by atoms with E-state index in [4.69, 9.17) is 14.9 Å². The molecule has 0 aliphatic carbocycles. The highest BCUT2D eigenvalue weighted by Crippen LogP contribution is 2.29. The second kappa shape index (κ2) is 6.07. The summed E-state index contributed by atoms with van der Waals surface area (Å²) in [5.74, 6) is 1.92. The molecule has 2 heterocycles. The molecule has 1 fully saturated rings. The van der Waals surface area contributed by atoms with Gasteiger partial charge in [0.25, 0.3) is 0 Å². The summed E-state index contributed by atoms with van der Waals surface area (Å²) in [5.41, 5.74) is 6.34. The van der Waals surface area contributed by atoms with Gasteiger partial charge in [0.2, 0.25) is 0 Å². The average molecular weight is 266 g/mol. The highest BCUT2D eigenvalue weighted by molar-refractivity contribution is 5.12. The molecule has 1 aliphatic rings. The number of hydrogen-bond donors (Lipinski definition) is 1. The van der Waals surface area contributed by atoms with E-state index in [1.54, 1.807) is 0 Å². The Kier molecular flexibility index (Phi) is 4.66. The first-order valence-corrected chi connectivity index (χ1v) is 7.22. The van der Waals surface area contributed by atoms with E-state index < -0.39 is 0 Å². The van der Waals surface area contributed by atoms with Crippen molar-refractivity contribution in [3.8, 4) is 0 Å². The molecular formula is C15H26N2O2. The van der Waals surface area contributed by atoms with Crippen LogP contribution < -0.4 is 5.73 Å². The fourth-order valence-electron chi connectivity index (χ4n) is 2.94. The van der Waals surface area contributed by atoms with Gasteiger partial charge in [0, 0.05) is 19.1 Å². The molecule has 1 saturated heterocycles. The van der Waals surface area contributed by atoms with Crippen molar-refractivity contribution in [1.82, 2.24) is 4.90 Å². The maximum atomic E-state index is 6.34. The monoisotopic (exact) mass is 266 g/mol. The van der Waals surface area contributed by atoms with Gasteiger partial charge in [0.05, 0.1) is 18.2 Å². The summed E-state index contributed by atoms with van der Waals surface area (Å²) < 4.78 is 11.6. The third-order valence-electron chi connectivity index (χ3n) is 3.77. The SMILES string of the molecule is CCC(N)C(c1ccc(C)o1)N1CC(C)OC(C)C1. The van der Waals surface area contributed by atoms with E-state index in [9.17, 15) is 0 Å². The Morgan fingerprint density at radius 3 is 2.42 bits per heavy atom. The molecule has 0 spiro atoms. The highest BCUT2D eigenvalue weighted by Gasteiger charge is 2.33. The van der Waals surface area contributed by atoms with Crippen molar-refractivity contribution in [2.75, 3.05) is 13.1 Å². The first-order chi connectivity index (χ1) is 9.01. The summed E-state index contributed by atoms with van der Waals surface area (Å²) in [6.07, 6.45) is 1.42. The fraction of sp³-hybridized carbons (Fsp3) is 0.733. The van der Waals surface area contributed by atoms with Crippen LogP contribution in [0, 0.1) is 6.92 Å². The van der Waals surface area contributed by atoms with E-state index >= 15 is 0 Å². The summed E-state index contributed by atoms with van der Waals surface area (Å²) in [7, 11) is 0. The molecule has 1 aromatic rings. The lowest BCUT2D eigenvalue weighted by molar-refractivity contribution is -0.0861. The summed E-state index contributed by atoms with van der Waals surface area (Å²) in [6, 6.07) is 4.30. The van der Waals surface area contributed by atoms with Crippen LogP contribution in [0.3, 0.4) is 0 Å². The quantitative estimate of drug-likeness (QED) is 0.909. The lowest BCUT2D eigenvalue weighted by Crippen LogP contribution is -2.51. The molecule has 108 valence electrons. The molecule has 1 aromatic heterocycles. The fourth-order valence-corrected chi connectivity index (χ4v) is 2.94. The molecular weight excluding hydrogens is 240 g/mol. The molecule has 4 atom stereocenters. The predicted octanol–water partition coefficient (Wildman–Crippen LogP) is 2.48. The van der Waals surface area contributed by atoms with Gasteiger partial charge < -0.3 is 14.9 Å². The number of aryl methyl sites for hydroxylation is 1. The van der Waals surface area contributed by atoms with Gasteiger partial charge >= 0.3 is 0 Å². The van der Waals surface area contributed by atoms with Crippen molar-refractivity contribution in [3.05, 3.63) is 23.7 Å². The maximum absolute atomic E-state index is 6.34. The number of rotatable bonds is 4. The second-order valence-corrected chi connectivity index (χ2v) is 5.68. The molecule has 4 heteroatoms. The molecule has 2 N–H and O–H groups in total. The minimum absolute atomic E-state index is 0.0862. The predicted molar refractivity (Wildman–Crippen MR) is 76.0 cm³/mol. The zero-order valence-electron chi connectivity index (χ0n) is 12.4. The first kappa shape index (κ1) is 14.6. The number of hydrogen-bond acceptors (Lipinski definition) is 4. The lowest BCUT2D eigenvalue weighted by atomic mass is 10.0. The van der Waals surface area contributed by atoms with Crippen molar-refractivity contribution in [3.63, 3.8) is 0 Å². The number of ether oxygens (including phenoxy) is 1. The van der Waals surface area contributed by atoms with Crippen molar-refractivity contribution < 1.29 is 9.15 Å². The second-order valence-electron chi connectivity index (χ2n) is 5.68. The van der Waals surface area contributed by atoms with Crippen LogP contribution in [0.2, 0.25) is 0 Å². The van der Waals surface area contributed by atoms with Crippen LogP contribution in [0.25, 0.3) is 0 Å². The molecule has 4 unspecified atom stereocenters. The van der Waals surface area contributed by atoms with Crippen molar-refractivity contribution in [2.45, 2.75) is 58.4 Å². The summed E-state index contributed by atoms with van der Waals surface area (Å²) in [6.45, 7) is 10.1. The van der Waals surface area contributed by atoms with Crippen LogP contribution in [0.1, 0.15) is 44.8 Å². The van der Waals surface area contributed by atoms with E-state index in [0.29, 0.717) is 0 Å². The van der Waals surface area contributed by atoms with Crippen LogP contribution in [0.4, 0.5) is 0 Å². The van der Waals surface area contributed by atoms with E-state index in [2.05, 4.69) is 31.7 Å². The third-order valence-corrected chi connectivity index (χ3v) is 3.77. The zero-order chi connectivity index (χ0) is 14.0. The number of nitrogens with zero attached hydrogens (tertiary/aromatic N) is 1. The minimum Gasteiger partial charge on any atom is -0.465 e. The molecule has 2 rings (SSSR count). The lowest BCUT2D eigenvalue weighted by Gasteiger charge is -2.41. The Morgan fingerprint density at radius 2 is 1.95 bits per heavy atom. The Morgan fingerprint density at radius 1 is 1.32 bits per heavy atom. The minimum atomic E-state index is 0.0862. The summed E-state index contributed by atoms with van der Waals surface area (Å²) in [5, 5.41) is 0. The van der Waals surface area contributed by atoms with E-state index in [0.717, 1.165) is 31.0 Å². The molecule has 0 aromatic carbocycles. The Labute approximate surface area is 115 Å². The largest absolute Gasteiger partial charge is 0.465 e. The molecule has 0 bridgehead atoms. The number of morpholine rings is 1. The van der Waals surface area contributed by atoms with Crippen LogP contribution in [0.5, 0.6) is 0 Å². The normalized spacial score (nSPS) is 28.3. The molecule has 4 nitrogen and oxygen atoms in total. The van der Waals surface area contributed by atoms with Gasteiger partial charge in [-0.05, 0) is 39.3 Å². The average Bonchev–Trinajstić information content (AvgIpc) is 2.74. The molecule has 19 heavy (non-hydrogen) atoms. The van der Waals surface area contributed by atoms with Crippen molar-refractivity contribution in [2.24, 2.45) is 5.73 Å². The van der Waals surface area contributed by atoms with Crippen molar-refractivity contribution >= 4 is 0 Å². The molecule has 0 radical (unpaired) electrons. The van der Waals surface area contributed by atoms with Gasteiger partial charge in [0.1, 0.15) is 11.5 Å². The third kappa shape index (κ3) is 3.38. The topological polar surface area (TPSA) is 51.6 Å². The summed E-state index contributed by atoms with van der Waals surface area (Å²) in [4.78, 5) is 2.41. The van der Waals surface area contributed by atoms with Gasteiger partial charge in [-0.1, -0.05) is 6.92 Å². The Balaban J connectivity index is 2.22. The summed E-state index contributed by atoms with van der Waals surface area (Å²) >= 11 is 0. The van der Waals surface area contributed by atoms with Crippen molar-refractivity contribution in [1.29, 1.82) is 0 Å². The highest BCUT2D eigenvalue weighted by atomic mass is 16.5. The molecule has 1 aliphatic heterocycles. The maximum Gasteiger partial charge on any atom is 0.122 e. The van der Waals surface area contributed by atoms with Crippen LogP contribution in [0.15, 0.2) is 16.5 Å². The van der Waals surface area contributed by atoms with Gasteiger partial charge in [-0.3, -0.25) is 4.90 Å². The van der Waals surface area contributed by atoms with Gasteiger partial charge in [0.15, 0.2) is 0 Å². The Bertz CT molecular complexity index is 395. The molecule has 0 saturated carbocycles. The molecule has 0 amide bonds. The van der Waals surface area contributed by atoms with E-state index in [-0.39, 0.29) is 24.3 Å². The number of furan rings is 1.